The van der Waals surface area contributed by atoms with Gasteiger partial charge in [-0.3, -0.25) is 14.4 Å². The van der Waals surface area contributed by atoms with Crippen molar-refractivity contribution < 1.29 is 19.1 Å². The smallest absolute Gasteiger partial charge is 0.325 e. The van der Waals surface area contributed by atoms with Crippen molar-refractivity contribution in [2.24, 2.45) is 5.92 Å². The zero-order valence-corrected chi connectivity index (χ0v) is 14.1. The third-order valence-corrected chi connectivity index (χ3v) is 4.47. The summed E-state index contributed by atoms with van der Waals surface area (Å²) in [5.41, 5.74) is 1.44. The van der Waals surface area contributed by atoms with E-state index in [1.807, 2.05) is 30.3 Å². The Morgan fingerprint density at radius 3 is 2.88 bits per heavy atom. The lowest BCUT2D eigenvalue weighted by Crippen LogP contribution is -2.46. The van der Waals surface area contributed by atoms with Crippen LogP contribution in [0, 0.1) is 5.92 Å². The van der Waals surface area contributed by atoms with E-state index in [0.29, 0.717) is 25.2 Å². The summed E-state index contributed by atoms with van der Waals surface area (Å²) in [5, 5.41) is 3.55. The minimum atomic E-state index is -0.491. The number of nitrogens with one attached hydrogen (secondary N) is 2. The molecular formula is C18H21N3O4. The average molecular weight is 343 g/mol. The van der Waals surface area contributed by atoms with Gasteiger partial charge in [0, 0.05) is 24.0 Å². The highest BCUT2D eigenvalue weighted by atomic mass is 16.5. The van der Waals surface area contributed by atoms with Crippen LogP contribution in [0.15, 0.2) is 30.3 Å². The second kappa shape index (κ2) is 7.38. The molecule has 1 aliphatic heterocycles. The maximum Gasteiger partial charge on any atom is 0.325 e. The molecule has 0 bridgehead atoms. The number of para-hydroxylation sites is 1. The molecule has 1 saturated heterocycles. The van der Waals surface area contributed by atoms with Gasteiger partial charge >= 0.3 is 5.97 Å². The fourth-order valence-electron chi connectivity index (χ4n) is 3.11. The molecule has 1 aromatic carbocycles. The molecule has 7 nitrogen and oxygen atoms in total. The molecule has 3 rings (SSSR count). The Kier molecular flexibility index (Phi) is 5.02. The SMILES string of the molecule is COC(=O)CNC(=O)[C@@H]1CCCN(C(=O)c2cc3ccccc3[nH]2)C1. The van der Waals surface area contributed by atoms with E-state index in [9.17, 15) is 14.4 Å². The van der Waals surface area contributed by atoms with Crippen LogP contribution in [0.4, 0.5) is 0 Å². The monoisotopic (exact) mass is 343 g/mol. The molecule has 2 amide bonds. The highest BCUT2D eigenvalue weighted by Crippen LogP contribution is 2.21. The zero-order valence-electron chi connectivity index (χ0n) is 14.1. The predicted molar refractivity (Wildman–Crippen MR) is 92.0 cm³/mol. The average Bonchev–Trinajstić information content (AvgIpc) is 3.09. The highest BCUT2D eigenvalue weighted by Gasteiger charge is 2.29. The van der Waals surface area contributed by atoms with Gasteiger partial charge in [0.25, 0.3) is 5.91 Å². The number of benzene rings is 1. The Hall–Kier alpha value is -2.83. The van der Waals surface area contributed by atoms with E-state index in [0.717, 1.165) is 17.3 Å². The first kappa shape index (κ1) is 17.0. The number of fused-ring (bicyclic) bond motifs is 1. The van der Waals surface area contributed by atoms with Gasteiger partial charge in [0.15, 0.2) is 0 Å². The number of aromatic amines is 1. The van der Waals surface area contributed by atoms with Gasteiger partial charge in [-0.2, -0.15) is 0 Å². The lowest BCUT2D eigenvalue weighted by Gasteiger charge is -2.31. The van der Waals surface area contributed by atoms with E-state index in [1.165, 1.54) is 7.11 Å². The number of nitrogens with zero attached hydrogens (tertiary/aromatic N) is 1. The van der Waals surface area contributed by atoms with Crippen molar-refractivity contribution in [1.82, 2.24) is 15.2 Å². The van der Waals surface area contributed by atoms with Crippen LogP contribution >= 0.6 is 0 Å². The molecule has 0 aliphatic carbocycles. The Morgan fingerprint density at radius 2 is 2.12 bits per heavy atom. The fourth-order valence-corrected chi connectivity index (χ4v) is 3.11. The second-order valence-corrected chi connectivity index (χ2v) is 6.15. The maximum absolute atomic E-state index is 12.7. The molecule has 1 aromatic heterocycles. The highest BCUT2D eigenvalue weighted by molar-refractivity contribution is 5.98. The molecule has 0 radical (unpaired) electrons. The topological polar surface area (TPSA) is 91.5 Å². The third kappa shape index (κ3) is 3.81. The van der Waals surface area contributed by atoms with Crippen LogP contribution in [0.25, 0.3) is 10.9 Å². The van der Waals surface area contributed by atoms with Crippen molar-refractivity contribution >= 4 is 28.7 Å². The number of esters is 1. The van der Waals surface area contributed by atoms with E-state index < -0.39 is 5.97 Å². The molecule has 1 fully saturated rings. The van der Waals surface area contributed by atoms with Gasteiger partial charge in [-0.1, -0.05) is 18.2 Å². The Balaban J connectivity index is 1.65. The Bertz CT molecular complexity index is 765. The van der Waals surface area contributed by atoms with Crippen LogP contribution in [-0.4, -0.2) is 54.4 Å². The predicted octanol–water partition coefficient (Wildman–Crippen LogP) is 1.31. The van der Waals surface area contributed by atoms with Gasteiger partial charge in [0.1, 0.15) is 12.2 Å². The molecule has 132 valence electrons. The number of piperidine rings is 1. The molecule has 2 heterocycles. The van der Waals surface area contributed by atoms with Gasteiger partial charge in [-0.25, -0.2) is 0 Å². The van der Waals surface area contributed by atoms with Crippen LogP contribution in [0.3, 0.4) is 0 Å². The normalized spacial score (nSPS) is 17.3. The number of H-pyrrole nitrogens is 1. The summed E-state index contributed by atoms with van der Waals surface area (Å²) in [6, 6.07) is 9.54. The molecule has 25 heavy (non-hydrogen) atoms. The van der Waals surface area contributed by atoms with Crippen LogP contribution < -0.4 is 5.32 Å². The molecule has 0 spiro atoms. The van der Waals surface area contributed by atoms with E-state index in [4.69, 9.17) is 0 Å². The third-order valence-electron chi connectivity index (χ3n) is 4.47. The first-order valence-electron chi connectivity index (χ1n) is 8.30. The summed E-state index contributed by atoms with van der Waals surface area (Å²) in [6.07, 6.45) is 1.45. The van der Waals surface area contributed by atoms with E-state index in [-0.39, 0.29) is 24.3 Å². The summed E-state index contributed by atoms with van der Waals surface area (Å²) < 4.78 is 4.51. The van der Waals surface area contributed by atoms with Gasteiger partial charge in [-0.15, -0.1) is 0 Å². The van der Waals surface area contributed by atoms with E-state index in [2.05, 4.69) is 15.0 Å². The molecule has 0 unspecified atom stereocenters. The maximum atomic E-state index is 12.7. The van der Waals surface area contributed by atoms with Crippen LogP contribution in [-0.2, 0) is 14.3 Å². The number of likely N-dealkylation sites (tertiary alicyclic amines) is 1. The Morgan fingerprint density at radius 1 is 1.32 bits per heavy atom. The first-order chi connectivity index (χ1) is 12.1. The lowest BCUT2D eigenvalue weighted by atomic mass is 9.97. The van der Waals surface area contributed by atoms with Gasteiger partial charge in [0.2, 0.25) is 5.91 Å². The molecular weight excluding hydrogens is 322 g/mol. The zero-order chi connectivity index (χ0) is 17.8. The van der Waals surface area contributed by atoms with E-state index >= 15 is 0 Å². The summed E-state index contributed by atoms with van der Waals surface area (Å²) >= 11 is 0. The summed E-state index contributed by atoms with van der Waals surface area (Å²) in [6.45, 7) is 0.817. The summed E-state index contributed by atoms with van der Waals surface area (Å²) in [7, 11) is 1.27. The molecule has 0 saturated carbocycles. The fraction of sp³-hybridized carbons (Fsp3) is 0.389. The molecule has 1 atom stereocenters. The van der Waals surface area contributed by atoms with Crippen LogP contribution in [0.1, 0.15) is 23.3 Å². The van der Waals surface area contributed by atoms with E-state index in [1.54, 1.807) is 4.90 Å². The number of methoxy groups -OCH3 is 1. The van der Waals surface area contributed by atoms with Crippen LogP contribution in [0.2, 0.25) is 0 Å². The number of hydrogen-bond acceptors (Lipinski definition) is 4. The van der Waals surface area contributed by atoms with Crippen molar-refractivity contribution in [3.05, 3.63) is 36.0 Å². The van der Waals surface area contributed by atoms with Crippen molar-refractivity contribution in [1.29, 1.82) is 0 Å². The summed E-state index contributed by atoms with van der Waals surface area (Å²) in [5.74, 6) is -1.14. The van der Waals surface area contributed by atoms with Gasteiger partial charge in [0.05, 0.1) is 13.0 Å². The van der Waals surface area contributed by atoms with Crippen LogP contribution in [0.5, 0.6) is 0 Å². The minimum absolute atomic E-state index is 0.110. The number of amides is 2. The van der Waals surface area contributed by atoms with Crippen molar-refractivity contribution in [3.63, 3.8) is 0 Å². The molecule has 7 heteroatoms. The minimum Gasteiger partial charge on any atom is -0.468 e. The number of ether oxygens (including phenoxy) is 1. The van der Waals surface area contributed by atoms with Crippen molar-refractivity contribution in [2.45, 2.75) is 12.8 Å². The Labute approximate surface area is 145 Å². The first-order valence-corrected chi connectivity index (χ1v) is 8.30. The number of aromatic nitrogens is 1. The van der Waals surface area contributed by atoms with Gasteiger partial charge < -0.3 is 19.9 Å². The largest absolute Gasteiger partial charge is 0.468 e. The number of carbonyl (C=O) groups excluding carboxylic acids is 3. The molecule has 2 N–H and O–H groups in total. The lowest BCUT2D eigenvalue weighted by molar-refractivity contribution is -0.141. The summed E-state index contributed by atoms with van der Waals surface area (Å²) in [4.78, 5) is 40.9. The quantitative estimate of drug-likeness (QED) is 0.819. The number of rotatable bonds is 4. The van der Waals surface area contributed by atoms with Gasteiger partial charge in [-0.05, 0) is 25.0 Å². The molecule has 2 aromatic rings. The number of carbonyl (C=O) groups is 3. The number of hydrogen-bond donors (Lipinski definition) is 2. The van der Waals surface area contributed by atoms with Crippen molar-refractivity contribution in [2.75, 3.05) is 26.7 Å². The second-order valence-electron chi connectivity index (χ2n) is 6.15. The van der Waals surface area contributed by atoms with Crippen molar-refractivity contribution in [3.8, 4) is 0 Å². The standard InChI is InChI=1S/C18H21N3O4/c1-25-16(22)10-19-17(23)13-6-4-8-21(11-13)18(24)15-9-12-5-2-3-7-14(12)20-15/h2-3,5,7,9,13,20H,4,6,8,10-11H2,1H3,(H,19,23)/t13-/m1/s1. The molecule has 1 aliphatic rings.